The molecule has 0 radical (unpaired) electrons. The van der Waals surface area contributed by atoms with Gasteiger partial charge in [0.2, 0.25) is 5.91 Å². The van der Waals surface area contributed by atoms with Crippen LogP contribution < -0.4 is 10.6 Å². The first-order valence-electron chi connectivity index (χ1n) is 9.19. The van der Waals surface area contributed by atoms with Crippen LogP contribution >= 0.6 is 11.6 Å². The lowest BCUT2D eigenvalue weighted by atomic mass is 9.76. The number of rotatable bonds is 3. The van der Waals surface area contributed by atoms with Gasteiger partial charge in [0.25, 0.3) is 5.91 Å². The molecule has 144 valence electrons. The van der Waals surface area contributed by atoms with Crippen LogP contribution in [0.5, 0.6) is 0 Å². The minimum Gasteiger partial charge on any atom is -0.323 e. The summed E-state index contributed by atoms with van der Waals surface area (Å²) in [6.07, 6.45) is 2.19. The molecule has 1 heterocycles. The smallest absolute Gasteiger partial charge is 0.323 e. The summed E-state index contributed by atoms with van der Waals surface area (Å²) in [5.74, 6) is -0.856. The Morgan fingerprint density at radius 2 is 2.04 bits per heavy atom. The molecule has 1 fully saturated rings. The number of anilines is 1. The average Bonchev–Trinajstić information content (AvgIpc) is 2.89. The number of halogens is 1. The number of benzene rings is 2. The van der Waals surface area contributed by atoms with Crippen molar-refractivity contribution in [2.45, 2.75) is 31.7 Å². The molecular weight excluding hydrogens is 378 g/mol. The normalized spacial score (nSPS) is 20.9. The number of fused-ring (bicyclic) bond motifs is 2. The minimum atomic E-state index is -1.08. The Balaban J connectivity index is 1.55. The van der Waals surface area contributed by atoms with Gasteiger partial charge in [0, 0.05) is 0 Å². The van der Waals surface area contributed by atoms with Crippen molar-refractivity contribution in [2.75, 3.05) is 11.9 Å². The Kier molecular flexibility index (Phi) is 4.59. The number of carbonyl (C=O) groups is 3. The van der Waals surface area contributed by atoms with E-state index in [0.29, 0.717) is 17.1 Å². The van der Waals surface area contributed by atoms with Gasteiger partial charge in [0.1, 0.15) is 12.1 Å². The first-order valence-corrected chi connectivity index (χ1v) is 9.57. The van der Waals surface area contributed by atoms with Crippen molar-refractivity contribution in [1.29, 1.82) is 0 Å². The monoisotopic (exact) mass is 397 g/mol. The van der Waals surface area contributed by atoms with E-state index in [0.717, 1.165) is 34.4 Å². The Labute approximate surface area is 167 Å². The highest BCUT2D eigenvalue weighted by atomic mass is 35.5. The van der Waals surface area contributed by atoms with Crippen molar-refractivity contribution in [3.63, 3.8) is 0 Å². The second-order valence-corrected chi connectivity index (χ2v) is 7.68. The molecule has 0 saturated carbocycles. The zero-order valence-electron chi connectivity index (χ0n) is 15.4. The molecular formula is C21H20ClN3O3. The number of nitrogens with one attached hydrogen (secondary N) is 2. The van der Waals surface area contributed by atoms with Gasteiger partial charge in [-0.1, -0.05) is 41.9 Å². The van der Waals surface area contributed by atoms with Gasteiger partial charge in [-0.15, -0.1) is 0 Å². The van der Waals surface area contributed by atoms with Crippen LogP contribution in [0, 0.1) is 6.92 Å². The number of hydrogen-bond donors (Lipinski definition) is 2. The highest BCUT2D eigenvalue weighted by molar-refractivity contribution is 6.33. The topological polar surface area (TPSA) is 78.5 Å². The third-order valence-electron chi connectivity index (χ3n) is 5.35. The van der Waals surface area contributed by atoms with Crippen molar-refractivity contribution in [2.24, 2.45) is 0 Å². The average molecular weight is 398 g/mol. The molecule has 1 aliphatic carbocycles. The molecule has 1 aliphatic heterocycles. The van der Waals surface area contributed by atoms with E-state index in [1.54, 1.807) is 12.1 Å². The standard InChI is InChI=1S/C21H20ClN3O3/c1-13-8-9-17(16(22)11-13)23-18(26)12-25-19(27)21(24-20(25)28)10-4-6-14-5-2-3-7-15(14)21/h2-3,5,7-9,11H,4,6,10,12H2,1H3,(H,23,26)(H,24,28)/t21-/m1/s1. The molecule has 2 aliphatic rings. The largest absolute Gasteiger partial charge is 0.325 e. The summed E-state index contributed by atoms with van der Waals surface area (Å²) in [6.45, 7) is 1.53. The maximum Gasteiger partial charge on any atom is 0.325 e. The lowest BCUT2D eigenvalue weighted by molar-refractivity contribution is -0.134. The van der Waals surface area contributed by atoms with Crippen molar-refractivity contribution >= 4 is 35.1 Å². The van der Waals surface area contributed by atoms with Gasteiger partial charge < -0.3 is 10.6 Å². The molecule has 1 saturated heterocycles. The Bertz CT molecular complexity index is 991. The van der Waals surface area contributed by atoms with Crippen LogP contribution in [0.2, 0.25) is 5.02 Å². The van der Waals surface area contributed by atoms with E-state index in [1.807, 2.05) is 37.3 Å². The third-order valence-corrected chi connectivity index (χ3v) is 5.66. The number of aryl methyl sites for hydroxylation is 2. The summed E-state index contributed by atoms with van der Waals surface area (Å²) in [5, 5.41) is 5.92. The molecule has 4 amide bonds. The quantitative estimate of drug-likeness (QED) is 0.779. The van der Waals surface area contributed by atoms with E-state index < -0.39 is 17.5 Å². The fourth-order valence-electron chi connectivity index (χ4n) is 4.01. The molecule has 2 aromatic carbocycles. The van der Waals surface area contributed by atoms with E-state index >= 15 is 0 Å². The zero-order chi connectivity index (χ0) is 19.9. The van der Waals surface area contributed by atoms with Crippen LogP contribution in [0.4, 0.5) is 10.5 Å². The zero-order valence-corrected chi connectivity index (χ0v) is 16.2. The van der Waals surface area contributed by atoms with Crippen LogP contribution in [0.15, 0.2) is 42.5 Å². The Morgan fingerprint density at radius 1 is 1.25 bits per heavy atom. The van der Waals surface area contributed by atoms with Gasteiger partial charge in [-0.3, -0.25) is 14.5 Å². The summed E-state index contributed by atoms with van der Waals surface area (Å²) in [5.41, 5.74) is 2.22. The first-order chi connectivity index (χ1) is 13.4. The minimum absolute atomic E-state index is 0.362. The maximum atomic E-state index is 13.2. The maximum absolute atomic E-state index is 13.2. The highest BCUT2D eigenvalue weighted by Crippen LogP contribution is 2.39. The van der Waals surface area contributed by atoms with Crippen LogP contribution in [0.3, 0.4) is 0 Å². The predicted octanol–water partition coefficient (Wildman–Crippen LogP) is 3.37. The van der Waals surface area contributed by atoms with Crippen molar-refractivity contribution < 1.29 is 14.4 Å². The molecule has 28 heavy (non-hydrogen) atoms. The number of nitrogens with zero attached hydrogens (tertiary/aromatic N) is 1. The molecule has 0 unspecified atom stereocenters. The number of imide groups is 1. The molecule has 0 bridgehead atoms. The molecule has 2 aromatic rings. The molecule has 4 rings (SSSR count). The van der Waals surface area contributed by atoms with Gasteiger partial charge in [-0.25, -0.2) is 4.79 Å². The summed E-state index contributed by atoms with van der Waals surface area (Å²) in [6, 6.07) is 12.3. The molecule has 1 spiro atoms. The van der Waals surface area contributed by atoms with Crippen molar-refractivity contribution in [3.8, 4) is 0 Å². The molecule has 6 nitrogen and oxygen atoms in total. The first kappa shape index (κ1) is 18.5. The second-order valence-electron chi connectivity index (χ2n) is 7.27. The number of hydrogen-bond acceptors (Lipinski definition) is 3. The Hall–Kier alpha value is -2.86. The van der Waals surface area contributed by atoms with E-state index in [-0.39, 0.29) is 12.5 Å². The SMILES string of the molecule is Cc1ccc(NC(=O)CN2C(=O)N[C@@]3(CCCc4ccccc43)C2=O)c(Cl)c1. The van der Waals surface area contributed by atoms with Gasteiger partial charge >= 0.3 is 6.03 Å². The van der Waals surface area contributed by atoms with E-state index in [4.69, 9.17) is 11.6 Å². The van der Waals surface area contributed by atoms with Crippen molar-refractivity contribution in [1.82, 2.24) is 10.2 Å². The Morgan fingerprint density at radius 3 is 2.82 bits per heavy atom. The van der Waals surface area contributed by atoms with Crippen LogP contribution in [0.25, 0.3) is 0 Å². The summed E-state index contributed by atoms with van der Waals surface area (Å²) < 4.78 is 0. The fourth-order valence-corrected chi connectivity index (χ4v) is 4.29. The van der Waals surface area contributed by atoms with Crippen LogP contribution in [0.1, 0.15) is 29.5 Å². The number of urea groups is 1. The summed E-state index contributed by atoms with van der Waals surface area (Å²) in [7, 11) is 0. The van der Waals surface area contributed by atoms with Gasteiger partial charge in [-0.2, -0.15) is 0 Å². The second kappa shape index (κ2) is 6.95. The molecule has 1 atom stereocenters. The predicted molar refractivity (Wildman–Crippen MR) is 106 cm³/mol. The molecule has 7 heteroatoms. The summed E-state index contributed by atoms with van der Waals surface area (Å²) in [4.78, 5) is 39.2. The summed E-state index contributed by atoms with van der Waals surface area (Å²) >= 11 is 6.15. The number of carbonyl (C=O) groups excluding carboxylic acids is 3. The van der Waals surface area contributed by atoms with E-state index in [9.17, 15) is 14.4 Å². The highest BCUT2D eigenvalue weighted by Gasteiger charge is 2.54. The third kappa shape index (κ3) is 3.03. The van der Waals surface area contributed by atoms with Crippen LogP contribution in [-0.2, 0) is 21.5 Å². The lowest BCUT2D eigenvalue weighted by Gasteiger charge is -2.33. The van der Waals surface area contributed by atoms with Gasteiger partial charge in [-0.05, 0) is 55.0 Å². The van der Waals surface area contributed by atoms with Gasteiger partial charge in [0.15, 0.2) is 0 Å². The van der Waals surface area contributed by atoms with Gasteiger partial charge in [0.05, 0.1) is 10.7 Å². The van der Waals surface area contributed by atoms with Crippen LogP contribution in [-0.4, -0.2) is 29.3 Å². The van der Waals surface area contributed by atoms with E-state index in [2.05, 4.69) is 10.6 Å². The lowest BCUT2D eigenvalue weighted by Crippen LogP contribution is -2.47. The van der Waals surface area contributed by atoms with Crippen molar-refractivity contribution in [3.05, 3.63) is 64.2 Å². The fraction of sp³-hybridized carbons (Fsp3) is 0.286. The number of amides is 4. The molecule has 2 N–H and O–H groups in total. The van der Waals surface area contributed by atoms with E-state index in [1.165, 1.54) is 0 Å². The molecule has 0 aromatic heterocycles.